The summed E-state index contributed by atoms with van der Waals surface area (Å²) in [4.78, 5) is 65.9. The minimum atomic E-state index is -1.20. The first-order valence-electron chi connectivity index (χ1n) is 12.2. The van der Waals surface area contributed by atoms with E-state index in [1.807, 2.05) is 0 Å². The van der Waals surface area contributed by atoms with Gasteiger partial charge in [0.2, 0.25) is 23.6 Å². The molecule has 0 saturated carbocycles. The fourth-order valence-electron chi connectivity index (χ4n) is 3.30. The molecule has 0 aromatic heterocycles. The first kappa shape index (κ1) is 31.9. The summed E-state index contributed by atoms with van der Waals surface area (Å²) in [5.74, 6) is -3.88. The van der Waals surface area contributed by atoms with Crippen molar-refractivity contribution in [1.29, 1.82) is 0 Å². The maximum Gasteiger partial charge on any atom is 0.303 e. The highest BCUT2D eigenvalue weighted by Crippen LogP contribution is 2.14. The van der Waals surface area contributed by atoms with Gasteiger partial charge in [-0.1, -0.05) is 51.1 Å². The molecule has 0 fully saturated rings. The number of aliphatic imine (C=N–C) groups is 1. The maximum atomic E-state index is 13.2. The van der Waals surface area contributed by atoms with Gasteiger partial charge in [-0.05, 0) is 24.8 Å². The number of carboxylic acids is 1. The van der Waals surface area contributed by atoms with Crippen molar-refractivity contribution in [2.24, 2.45) is 27.6 Å². The number of primary amides is 1. The van der Waals surface area contributed by atoms with E-state index < -0.39 is 53.1 Å². The molecule has 10 N–H and O–H groups in total. The minimum Gasteiger partial charge on any atom is -0.481 e. The van der Waals surface area contributed by atoms with Crippen LogP contribution in [0, 0.1) is 5.41 Å². The fraction of sp³-hybridized carbons (Fsp3) is 0.520. The van der Waals surface area contributed by atoms with Crippen LogP contribution in [0.15, 0.2) is 35.3 Å². The molecule has 0 bridgehead atoms. The maximum absolute atomic E-state index is 13.2. The molecule has 1 aromatic carbocycles. The summed E-state index contributed by atoms with van der Waals surface area (Å²) in [5.41, 5.74) is 15.9. The van der Waals surface area contributed by atoms with Crippen molar-refractivity contribution < 1.29 is 29.1 Å². The molecule has 0 heterocycles. The van der Waals surface area contributed by atoms with E-state index in [-0.39, 0.29) is 38.2 Å². The second kappa shape index (κ2) is 15.2. The number of carbonyl (C=O) groups excluding carboxylic acids is 4. The van der Waals surface area contributed by atoms with Gasteiger partial charge in [0.1, 0.15) is 18.1 Å². The monoisotopic (exact) mass is 533 g/mol. The summed E-state index contributed by atoms with van der Waals surface area (Å²) in [6.45, 7) is 5.18. The average Bonchev–Trinajstić information content (AvgIpc) is 2.82. The van der Waals surface area contributed by atoms with Gasteiger partial charge in [-0.15, -0.1) is 0 Å². The van der Waals surface area contributed by atoms with E-state index in [1.54, 1.807) is 51.1 Å². The number of guanidine groups is 1. The zero-order chi connectivity index (χ0) is 28.9. The van der Waals surface area contributed by atoms with E-state index in [0.717, 1.165) is 5.56 Å². The number of rotatable bonds is 15. The van der Waals surface area contributed by atoms with E-state index in [9.17, 15) is 24.0 Å². The Balaban J connectivity index is 3.12. The number of aliphatic carboxylic acids is 1. The molecule has 0 saturated heterocycles. The number of carbonyl (C=O) groups is 5. The lowest BCUT2D eigenvalue weighted by Gasteiger charge is -2.26. The van der Waals surface area contributed by atoms with E-state index in [2.05, 4.69) is 20.9 Å². The van der Waals surface area contributed by atoms with Gasteiger partial charge in [-0.25, -0.2) is 0 Å². The average molecular weight is 534 g/mol. The zero-order valence-corrected chi connectivity index (χ0v) is 22.0. The molecule has 0 aliphatic heterocycles. The third kappa shape index (κ3) is 12.2. The number of carboxylic acid groups (broad SMARTS) is 1. The molecule has 3 atom stereocenters. The zero-order valence-electron chi connectivity index (χ0n) is 22.0. The van der Waals surface area contributed by atoms with Gasteiger partial charge in [-0.2, -0.15) is 0 Å². The van der Waals surface area contributed by atoms with Gasteiger partial charge in [-0.3, -0.25) is 29.0 Å². The number of hydrogen-bond acceptors (Lipinski definition) is 6. The third-order valence-corrected chi connectivity index (χ3v) is 5.47. The van der Waals surface area contributed by atoms with Gasteiger partial charge in [0, 0.05) is 24.8 Å². The summed E-state index contributed by atoms with van der Waals surface area (Å²) in [7, 11) is 0. The predicted octanol–water partition coefficient (Wildman–Crippen LogP) is -0.867. The molecule has 210 valence electrons. The molecule has 4 amide bonds. The van der Waals surface area contributed by atoms with Crippen molar-refractivity contribution in [3.63, 3.8) is 0 Å². The van der Waals surface area contributed by atoms with Crippen molar-refractivity contribution in [2.75, 3.05) is 6.54 Å². The highest BCUT2D eigenvalue weighted by molar-refractivity contribution is 5.94. The first-order chi connectivity index (χ1) is 17.7. The van der Waals surface area contributed by atoms with Crippen LogP contribution in [0.4, 0.5) is 0 Å². The summed E-state index contributed by atoms with van der Waals surface area (Å²) < 4.78 is 0. The fourth-order valence-corrected chi connectivity index (χ4v) is 3.30. The normalized spacial score (nSPS) is 13.3. The summed E-state index contributed by atoms with van der Waals surface area (Å²) >= 11 is 0. The molecular formula is C25H39N7O6. The van der Waals surface area contributed by atoms with Crippen LogP contribution in [0.3, 0.4) is 0 Å². The van der Waals surface area contributed by atoms with Crippen molar-refractivity contribution in [2.45, 2.75) is 71.0 Å². The molecule has 13 nitrogen and oxygen atoms in total. The molecule has 38 heavy (non-hydrogen) atoms. The van der Waals surface area contributed by atoms with Crippen LogP contribution in [0.5, 0.6) is 0 Å². The molecule has 0 unspecified atom stereocenters. The number of hydrogen-bond donors (Lipinski definition) is 7. The smallest absolute Gasteiger partial charge is 0.303 e. The Hall–Kier alpha value is -4.16. The Kier molecular flexibility index (Phi) is 12.7. The van der Waals surface area contributed by atoms with Crippen LogP contribution >= 0.6 is 0 Å². The molecule has 0 aliphatic rings. The van der Waals surface area contributed by atoms with Crippen molar-refractivity contribution in [3.8, 4) is 0 Å². The van der Waals surface area contributed by atoms with Gasteiger partial charge >= 0.3 is 5.97 Å². The molecule has 13 heteroatoms. The highest BCUT2D eigenvalue weighted by atomic mass is 16.4. The van der Waals surface area contributed by atoms with E-state index in [0.29, 0.717) is 6.42 Å². The second-order valence-electron chi connectivity index (χ2n) is 9.87. The van der Waals surface area contributed by atoms with Crippen LogP contribution in [0.1, 0.15) is 52.0 Å². The van der Waals surface area contributed by atoms with Gasteiger partial charge in [0.15, 0.2) is 5.96 Å². The highest BCUT2D eigenvalue weighted by Gasteiger charge is 2.31. The van der Waals surface area contributed by atoms with E-state index in [4.69, 9.17) is 22.3 Å². The van der Waals surface area contributed by atoms with Gasteiger partial charge < -0.3 is 38.3 Å². The van der Waals surface area contributed by atoms with Gasteiger partial charge in [0.25, 0.3) is 0 Å². The second-order valence-corrected chi connectivity index (χ2v) is 9.87. The van der Waals surface area contributed by atoms with Crippen molar-refractivity contribution in [3.05, 3.63) is 35.9 Å². The lowest BCUT2D eigenvalue weighted by molar-refractivity contribution is -0.139. The molecule has 0 spiro atoms. The Bertz CT molecular complexity index is 1000. The quantitative estimate of drug-likeness (QED) is 0.0848. The summed E-state index contributed by atoms with van der Waals surface area (Å²) in [5, 5.41) is 16.8. The van der Waals surface area contributed by atoms with Crippen LogP contribution in [0.25, 0.3) is 0 Å². The lowest BCUT2D eigenvalue weighted by Crippen LogP contribution is -2.57. The van der Waals surface area contributed by atoms with Crippen molar-refractivity contribution >= 4 is 35.6 Å². The SMILES string of the molecule is CC(C)(C)C(=O)N[C@@H](CCC(=O)O)C(=O)N[C@@H](Cc1ccccc1)C(=O)N[C@@H](CCCN=C(N)N)C(N)=O. The Morgan fingerprint density at radius 1 is 0.868 bits per heavy atom. The lowest BCUT2D eigenvalue weighted by atomic mass is 9.94. The first-order valence-corrected chi connectivity index (χ1v) is 12.2. The molecular weight excluding hydrogens is 494 g/mol. The van der Waals surface area contributed by atoms with E-state index in [1.165, 1.54) is 0 Å². The number of amides is 4. The molecule has 0 aliphatic carbocycles. The summed E-state index contributed by atoms with van der Waals surface area (Å²) in [6, 6.07) is 5.45. The third-order valence-electron chi connectivity index (χ3n) is 5.47. The molecule has 1 rings (SSSR count). The van der Waals surface area contributed by atoms with Crippen LogP contribution in [-0.4, -0.2) is 65.3 Å². The Morgan fingerprint density at radius 2 is 1.45 bits per heavy atom. The van der Waals surface area contributed by atoms with E-state index >= 15 is 0 Å². The van der Waals surface area contributed by atoms with Crippen molar-refractivity contribution in [1.82, 2.24) is 16.0 Å². The Morgan fingerprint density at radius 3 is 1.97 bits per heavy atom. The minimum absolute atomic E-state index is 0.0662. The number of nitrogens with two attached hydrogens (primary N) is 3. The largest absolute Gasteiger partial charge is 0.481 e. The topological polar surface area (TPSA) is 232 Å². The number of nitrogens with zero attached hydrogens (tertiary/aromatic N) is 1. The molecule has 1 aromatic rings. The number of nitrogens with one attached hydrogen (secondary N) is 3. The van der Waals surface area contributed by atoms with Crippen LogP contribution in [0.2, 0.25) is 0 Å². The van der Waals surface area contributed by atoms with Gasteiger partial charge in [0.05, 0.1) is 0 Å². The summed E-state index contributed by atoms with van der Waals surface area (Å²) in [6.07, 6.45) is 0.0239. The number of benzene rings is 1. The Labute approximate surface area is 222 Å². The predicted molar refractivity (Wildman–Crippen MR) is 141 cm³/mol. The van der Waals surface area contributed by atoms with Crippen LogP contribution < -0.4 is 33.2 Å². The standard InChI is InChI=1S/C25H39N7O6/c1-25(2,3)23(38)32-17(11-12-19(33)34)21(36)31-18(14-15-8-5-4-6-9-15)22(37)30-16(20(26)35)10-7-13-29-24(27)28/h4-6,8-9,16-18H,7,10-14H2,1-3H3,(H2,26,35)(H,30,37)(H,31,36)(H,32,38)(H,33,34)(H4,27,28,29)/t16-,17-,18-/m0/s1. The molecule has 0 radical (unpaired) electrons. The van der Waals surface area contributed by atoms with Crippen LogP contribution in [-0.2, 0) is 30.4 Å².